The highest BCUT2D eigenvalue weighted by molar-refractivity contribution is 5.84. The van der Waals surface area contributed by atoms with Gasteiger partial charge in [0.05, 0.1) is 17.4 Å². The minimum absolute atomic E-state index is 0.0579. The van der Waals surface area contributed by atoms with Crippen LogP contribution < -0.4 is 5.32 Å². The summed E-state index contributed by atoms with van der Waals surface area (Å²) in [7, 11) is 0. The minimum Gasteiger partial charge on any atom is -0.480 e. The number of carbonyl (C=O) groups is 2. The van der Waals surface area contributed by atoms with Crippen molar-refractivity contribution >= 4 is 22.9 Å². The van der Waals surface area contributed by atoms with Crippen LogP contribution in [0.4, 0.5) is 0 Å². The second kappa shape index (κ2) is 6.39. The summed E-state index contributed by atoms with van der Waals surface area (Å²) in [5.74, 6) is -1.14. The van der Waals surface area contributed by atoms with Crippen molar-refractivity contribution in [3.8, 4) is 0 Å². The van der Waals surface area contributed by atoms with Gasteiger partial charge < -0.3 is 15.0 Å². The molecule has 1 amide bonds. The van der Waals surface area contributed by atoms with Crippen LogP contribution in [-0.2, 0) is 16.1 Å². The number of imidazole rings is 1. The van der Waals surface area contributed by atoms with E-state index in [1.165, 1.54) is 0 Å². The number of carboxylic acids is 1. The summed E-state index contributed by atoms with van der Waals surface area (Å²) in [4.78, 5) is 27.4. The van der Waals surface area contributed by atoms with E-state index in [9.17, 15) is 9.59 Å². The summed E-state index contributed by atoms with van der Waals surface area (Å²) in [6, 6.07) is 6.63. The molecule has 0 aliphatic heterocycles. The molecule has 0 saturated carbocycles. The zero-order valence-electron chi connectivity index (χ0n) is 12.1. The Bertz CT molecular complexity index is 648. The number of carbonyl (C=O) groups excluding carboxylic acids is 1. The number of fused-ring (bicyclic) bond motifs is 1. The molecule has 0 unspecified atom stereocenters. The fourth-order valence-corrected chi connectivity index (χ4v) is 2.22. The van der Waals surface area contributed by atoms with Gasteiger partial charge in [0.2, 0.25) is 5.91 Å². The Labute approximate surface area is 122 Å². The number of hydrogen-bond acceptors (Lipinski definition) is 3. The zero-order chi connectivity index (χ0) is 15.4. The second-order valence-electron chi connectivity index (χ2n) is 5.45. The summed E-state index contributed by atoms with van der Waals surface area (Å²) >= 11 is 0. The highest BCUT2D eigenvalue weighted by atomic mass is 16.4. The zero-order valence-corrected chi connectivity index (χ0v) is 12.1. The van der Waals surface area contributed by atoms with Crippen molar-refractivity contribution in [2.24, 2.45) is 5.92 Å². The van der Waals surface area contributed by atoms with Gasteiger partial charge in [0.15, 0.2) is 0 Å². The van der Waals surface area contributed by atoms with E-state index in [0.29, 0.717) is 6.42 Å². The molecule has 21 heavy (non-hydrogen) atoms. The first-order chi connectivity index (χ1) is 9.97. The van der Waals surface area contributed by atoms with Gasteiger partial charge in [-0.25, -0.2) is 9.78 Å². The molecule has 0 fully saturated rings. The number of benzene rings is 1. The maximum Gasteiger partial charge on any atom is 0.326 e. The van der Waals surface area contributed by atoms with Crippen molar-refractivity contribution < 1.29 is 14.7 Å². The van der Waals surface area contributed by atoms with E-state index < -0.39 is 12.0 Å². The molecule has 6 heteroatoms. The Morgan fingerprint density at radius 3 is 2.71 bits per heavy atom. The van der Waals surface area contributed by atoms with E-state index in [-0.39, 0.29) is 18.4 Å². The lowest BCUT2D eigenvalue weighted by atomic mass is 10.0. The molecule has 112 valence electrons. The molecule has 2 aromatic rings. The number of rotatable bonds is 6. The fourth-order valence-electron chi connectivity index (χ4n) is 2.22. The van der Waals surface area contributed by atoms with E-state index in [1.807, 2.05) is 38.1 Å². The Morgan fingerprint density at radius 1 is 1.33 bits per heavy atom. The van der Waals surface area contributed by atoms with Crippen LogP contribution in [0.15, 0.2) is 30.6 Å². The third kappa shape index (κ3) is 3.81. The van der Waals surface area contributed by atoms with Crippen LogP contribution in [0.5, 0.6) is 0 Å². The molecular formula is C15H19N3O3. The predicted octanol–water partition coefficient (Wildman–Crippen LogP) is 1.65. The lowest BCUT2D eigenvalue weighted by Crippen LogP contribution is -2.43. The average Bonchev–Trinajstić information content (AvgIpc) is 2.81. The maximum atomic E-state index is 12.0. The summed E-state index contributed by atoms with van der Waals surface area (Å²) in [5.41, 5.74) is 1.66. The van der Waals surface area contributed by atoms with Crippen molar-refractivity contribution in [1.29, 1.82) is 0 Å². The van der Waals surface area contributed by atoms with Gasteiger partial charge in [0.25, 0.3) is 0 Å². The summed E-state index contributed by atoms with van der Waals surface area (Å²) < 4.78 is 1.71. The Balaban J connectivity index is 2.05. The highest BCUT2D eigenvalue weighted by Crippen LogP contribution is 2.11. The van der Waals surface area contributed by atoms with Gasteiger partial charge in [-0.1, -0.05) is 26.0 Å². The molecule has 0 aliphatic carbocycles. The number of nitrogens with zero attached hydrogens (tertiary/aromatic N) is 2. The van der Waals surface area contributed by atoms with Gasteiger partial charge in [-0.05, 0) is 24.5 Å². The topological polar surface area (TPSA) is 84.2 Å². The van der Waals surface area contributed by atoms with Crippen LogP contribution in [0.25, 0.3) is 11.0 Å². The molecule has 1 aromatic heterocycles. The van der Waals surface area contributed by atoms with Crippen LogP contribution in [0.1, 0.15) is 20.3 Å². The standard InChI is InChI=1S/C15H19N3O3/c1-10(2)7-12(15(20)21)17-14(19)8-18-9-16-11-5-3-4-6-13(11)18/h3-6,9-10,12H,7-8H2,1-2H3,(H,17,19)(H,20,21)/t12-/m1/s1. The van der Waals surface area contributed by atoms with Crippen LogP contribution in [0, 0.1) is 5.92 Å². The Kier molecular flexibility index (Phi) is 4.57. The van der Waals surface area contributed by atoms with Gasteiger partial charge >= 0.3 is 5.97 Å². The quantitative estimate of drug-likeness (QED) is 0.847. The van der Waals surface area contributed by atoms with E-state index in [1.54, 1.807) is 10.9 Å². The predicted molar refractivity (Wildman–Crippen MR) is 78.8 cm³/mol. The van der Waals surface area contributed by atoms with Gasteiger partial charge in [0.1, 0.15) is 12.6 Å². The molecule has 1 heterocycles. The smallest absolute Gasteiger partial charge is 0.326 e. The molecule has 0 radical (unpaired) electrons. The average molecular weight is 289 g/mol. The van der Waals surface area contributed by atoms with Crippen LogP contribution in [-0.4, -0.2) is 32.6 Å². The monoisotopic (exact) mass is 289 g/mol. The van der Waals surface area contributed by atoms with Gasteiger partial charge in [-0.2, -0.15) is 0 Å². The lowest BCUT2D eigenvalue weighted by molar-refractivity contribution is -0.142. The first kappa shape index (κ1) is 15.0. The highest BCUT2D eigenvalue weighted by Gasteiger charge is 2.21. The first-order valence-electron chi connectivity index (χ1n) is 6.89. The lowest BCUT2D eigenvalue weighted by Gasteiger charge is -2.16. The first-order valence-corrected chi connectivity index (χ1v) is 6.89. The summed E-state index contributed by atoms with van der Waals surface area (Å²) in [5, 5.41) is 11.7. The van der Waals surface area contributed by atoms with Gasteiger partial charge in [0, 0.05) is 0 Å². The van der Waals surface area contributed by atoms with Gasteiger partial charge in [-0.15, -0.1) is 0 Å². The van der Waals surface area contributed by atoms with E-state index in [0.717, 1.165) is 11.0 Å². The largest absolute Gasteiger partial charge is 0.480 e. The number of aliphatic carboxylic acids is 1. The van der Waals surface area contributed by atoms with E-state index >= 15 is 0 Å². The maximum absolute atomic E-state index is 12.0. The second-order valence-corrected chi connectivity index (χ2v) is 5.45. The molecular weight excluding hydrogens is 270 g/mol. The Morgan fingerprint density at radius 2 is 2.05 bits per heavy atom. The fraction of sp³-hybridized carbons (Fsp3) is 0.400. The molecule has 1 aromatic carbocycles. The van der Waals surface area contributed by atoms with Crippen molar-refractivity contribution in [3.63, 3.8) is 0 Å². The molecule has 0 bridgehead atoms. The Hall–Kier alpha value is -2.37. The molecule has 2 N–H and O–H groups in total. The van der Waals surface area contributed by atoms with Crippen LogP contribution >= 0.6 is 0 Å². The third-order valence-electron chi connectivity index (χ3n) is 3.18. The number of amides is 1. The third-order valence-corrected chi connectivity index (χ3v) is 3.18. The molecule has 1 atom stereocenters. The van der Waals surface area contributed by atoms with Crippen LogP contribution in [0.2, 0.25) is 0 Å². The number of carboxylic acid groups (broad SMARTS) is 1. The van der Waals surface area contributed by atoms with Crippen LogP contribution in [0.3, 0.4) is 0 Å². The molecule has 6 nitrogen and oxygen atoms in total. The molecule has 2 rings (SSSR count). The minimum atomic E-state index is -1.01. The van der Waals surface area contributed by atoms with Crippen molar-refractivity contribution in [2.75, 3.05) is 0 Å². The SMILES string of the molecule is CC(C)C[C@@H](NC(=O)Cn1cnc2ccccc21)C(=O)O. The van der Waals surface area contributed by atoms with E-state index in [4.69, 9.17) is 5.11 Å². The number of hydrogen-bond donors (Lipinski definition) is 2. The van der Waals surface area contributed by atoms with E-state index in [2.05, 4.69) is 10.3 Å². The normalized spacial score (nSPS) is 12.5. The van der Waals surface area contributed by atoms with Gasteiger partial charge in [-0.3, -0.25) is 4.79 Å². The van der Waals surface area contributed by atoms with Crippen molar-refractivity contribution in [1.82, 2.24) is 14.9 Å². The van der Waals surface area contributed by atoms with Crippen molar-refractivity contribution in [3.05, 3.63) is 30.6 Å². The molecule has 0 aliphatic rings. The molecule has 0 spiro atoms. The molecule has 0 saturated heterocycles. The van der Waals surface area contributed by atoms with Crippen molar-refractivity contribution in [2.45, 2.75) is 32.9 Å². The summed E-state index contributed by atoms with van der Waals surface area (Å²) in [6.07, 6.45) is 1.99. The number of para-hydroxylation sites is 2. The number of aromatic nitrogens is 2. The number of nitrogens with one attached hydrogen (secondary N) is 1. The summed E-state index contributed by atoms with van der Waals surface area (Å²) in [6.45, 7) is 3.90.